The fourth-order valence-electron chi connectivity index (χ4n) is 6.59. The predicted octanol–water partition coefficient (Wildman–Crippen LogP) is 11.5. The van der Waals surface area contributed by atoms with Gasteiger partial charge in [-0.2, -0.15) is 0 Å². The van der Waals surface area contributed by atoms with E-state index in [0.29, 0.717) is 12.0 Å². The molecule has 262 valence electrons. The number of allylic oxidation sites excluding steroid dienone is 5. The summed E-state index contributed by atoms with van der Waals surface area (Å²) in [5, 5.41) is 0. The van der Waals surface area contributed by atoms with Gasteiger partial charge in [-0.25, -0.2) is 0 Å². The molecule has 0 unspecified atom stereocenters. The Morgan fingerprint density at radius 3 is 2.27 bits per heavy atom. The van der Waals surface area contributed by atoms with E-state index in [-0.39, 0.29) is 5.60 Å². The van der Waals surface area contributed by atoms with E-state index in [1.54, 1.807) is 14.2 Å². The van der Waals surface area contributed by atoms with Gasteiger partial charge in [-0.15, -0.1) is 0 Å². The Bertz CT molecular complexity index is 1440. The number of hydrogen-bond donors (Lipinski definition) is 0. The van der Waals surface area contributed by atoms with E-state index in [2.05, 4.69) is 134 Å². The van der Waals surface area contributed by atoms with Crippen LogP contribution in [0.15, 0.2) is 82.7 Å². The van der Waals surface area contributed by atoms with Crippen molar-refractivity contribution in [2.24, 2.45) is 0 Å². The normalized spacial score (nSPS) is 17.1. The monoisotopic (exact) mass is 718 g/mol. The molecule has 0 bridgehead atoms. The molecule has 0 aromatic heterocycles. The fourth-order valence-corrected chi connectivity index (χ4v) is 6.85. The van der Waals surface area contributed by atoms with Crippen LogP contribution in [-0.2, 0) is 4.74 Å². The molecule has 1 heterocycles. The Kier molecular flexibility index (Phi) is 14.2. The van der Waals surface area contributed by atoms with Gasteiger partial charge in [0.15, 0.2) is 17.4 Å². The maximum absolute atomic E-state index is 6.42. The van der Waals surface area contributed by atoms with Crippen molar-refractivity contribution in [3.8, 4) is 11.5 Å². The van der Waals surface area contributed by atoms with Gasteiger partial charge in [0.1, 0.15) is 5.60 Å². The number of methoxy groups -OCH3 is 2. The number of unbranched alkanes of at least 4 members (excludes halogenated alkanes) is 1. The molecule has 1 aliphatic heterocycles. The second-order valence-corrected chi connectivity index (χ2v) is 15.1. The molecule has 1 saturated heterocycles. The van der Waals surface area contributed by atoms with E-state index in [4.69, 9.17) is 14.2 Å². The molecule has 6 heteroatoms. The summed E-state index contributed by atoms with van der Waals surface area (Å²) in [6.07, 6.45) is 20.4. The molecule has 0 amide bonds. The Labute approximate surface area is 299 Å². The van der Waals surface area contributed by atoms with Crippen molar-refractivity contribution in [3.05, 3.63) is 93.8 Å². The summed E-state index contributed by atoms with van der Waals surface area (Å²) in [6, 6.07) is 13.7. The lowest BCUT2D eigenvalue weighted by molar-refractivity contribution is -0.00484. The van der Waals surface area contributed by atoms with Gasteiger partial charge in [0, 0.05) is 41.4 Å². The van der Waals surface area contributed by atoms with Crippen LogP contribution in [0.3, 0.4) is 0 Å². The van der Waals surface area contributed by atoms with E-state index in [9.17, 15) is 0 Å². The van der Waals surface area contributed by atoms with Gasteiger partial charge in [-0.1, -0.05) is 66.9 Å². The number of piperidine rings is 1. The average molecular weight is 720 g/mol. The largest absolute Gasteiger partial charge is 0.493 e. The van der Waals surface area contributed by atoms with Crippen LogP contribution in [0, 0.1) is 0 Å². The van der Waals surface area contributed by atoms with Crippen molar-refractivity contribution in [2.75, 3.05) is 38.8 Å². The molecule has 2 aromatic rings. The summed E-state index contributed by atoms with van der Waals surface area (Å²) in [5.74, 6) is 3.26. The molecule has 0 N–H and O–H groups in total. The summed E-state index contributed by atoms with van der Waals surface area (Å²) in [7, 11) is 3.50. The number of hydrogen-bond acceptors (Lipinski definition) is 5. The average Bonchev–Trinajstić information content (AvgIpc) is 3.04. The minimum Gasteiger partial charge on any atom is -0.493 e. The van der Waals surface area contributed by atoms with Crippen LogP contribution in [0.4, 0.5) is 5.69 Å². The molecule has 4 rings (SSSR count). The molecule has 2 fully saturated rings. The molecule has 2 aromatic carbocycles. The second-order valence-electron chi connectivity index (χ2n) is 14.2. The molecule has 0 spiro atoms. The standard InChI is InChI=1S/C42H59BrN2O3/c1-9-11-12-13-16-32(27-31(3)34-28-38(33-17-14-18-33)41(47-8)39(29-34)46-7)30-45(36-21-19-35(43)20-22-36)37-23-25-44(26-24-37)40(15-10-2)48-42(4,5)6/h12-13,15-16,19-22,27-29,33,37H,9-11,14,17-18,23-26,30H2,1-8H3/b13-12-,31-27+,32-16+,40-15-. The lowest BCUT2D eigenvalue weighted by atomic mass is 9.78. The summed E-state index contributed by atoms with van der Waals surface area (Å²) < 4.78 is 19.2. The van der Waals surface area contributed by atoms with Crippen LogP contribution in [0.5, 0.6) is 11.5 Å². The number of halogens is 1. The minimum absolute atomic E-state index is 0.219. The Hall–Kier alpha value is -3.12. The highest BCUT2D eigenvalue weighted by Crippen LogP contribution is 2.46. The molecule has 2 aliphatic rings. The van der Waals surface area contributed by atoms with Crippen LogP contribution in [0.1, 0.15) is 110 Å². The predicted molar refractivity (Wildman–Crippen MR) is 207 cm³/mol. The summed E-state index contributed by atoms with van der Waals surface area (Å²) in [6.45, 7) is 15.8. The SMILES string of the molecule is CC/C=C(\OC(C)(C)C)N1CCC(N(CC(=C/C=C\CCC)/C=C(\C)c2cc(OC)c(OC)c(C3CCC3)c2)c2ccc(Br)cc2)CC1. The number of likely N-dealkylation sites (tertiary alicyclic amines) is 1. The van der Waals surface area contributed by atoms with Crippen molar-refractivity contribution < 1.29 is 14.2 Å². The van der Waals surface area contributed by atoms with E-state index in [1.807, 2.05) is 0 Å². The third kappa shape index (κ3) is 10.4. The molecular weight excluding hydrogens is 660 g/mol. The lowest BCUT2D eigenvalue weighted by Gasteiger charge is -2.42. The van der Waals surface area contributed by atoms with Crippen molar-refractivity contribution >= 4 is 27.2 Å². The summed E-state index contributed by atoms with van der Waals surface area (Å²) >= 11 is 3.66. The Morgan fingerprint density at radius 2 is 1.71 bits per heavy atom. The zero-order valence-corrected chi connectivity index (χ0v) is 32.4. The maximum Gasteiger partial charge on any atom is 0.185 e. The van der Waals surface area contributed by atoms with E-state index in [0.717, 1.165) is 73.6 Å². The maximum atomic E-state index is 6.42. The van der Waals surface area contributed by atoms with Crippen molar-refractivity contribution in [1.82, 2.24) is 4.90 Å². The lowest BCUT2D eigenvalue weighted by Crippen LogP contribution is -2.46. The van der Waals surface area contributed by atoms with Crippen LogP contribution in [0.25, 0.3) is 5.57 Å². The highest BCUT2D eigenvalue weighted by molar-refractivity contribution is 9.10. The number of ether oxygens (including phenoxy) is 3. The first kappa shape index (κ1) is 37.7. The van der Waals surface area contributed by atoms with Crippen LogP contribution < -0.4 is 14.4 Å². The van der Waals surface area contributed by atoms with Crippen LogP contribution >= 0.6 is 15.9 Å². The van der Waals surface area contributed by atoms with Gasteiger partial charge in [-0.05, 0) is 131 Å². The third-order valence-corrected chi connectivity index (χ3v) is 9.86. The van der Waals surface area contributed by atoms with Gasteiger partial charge in [0.25, 0.3) is 0 Å². The van der Waals surface area contributed by atoms with Gasteiger partial charge < -0.3 is 24.0 Å². The topological polar surface area (TPSA) is 34.2 Å². The molecule has 0 radical (unpaired) electrons. The third-order valence-electron chi connectivity index (χ3n) is 9.33. The van der Waals surface area contributed by atoms with Crippen LogP contribution in [0.2, 0.25) is 0 Å². The summed E-state index contributed by atoms with van der Waals surface area (Å²) in [4.78, 5) is 5.06. The number of rotatable bonds is 15. The van der Waals surface area contributed by atoms with E-state index in [1.165, 1.54) is 47.2 Å². The first-order valence-electron chi connectivity index (χ1n) is 18.0. The zero-order valence-electron chi connectivity index (χ0n) is 30.8. The highest BCUT2D eigenvalue weighted by Gasteiger charge is 2.29. The molecule has 1 saturated carbocycles. The molecule has 5 nitrogen and oxygen atoms in total. The van der Waals surface area contributed by atoms with Crippen LogP contribution in [-0.4, -0.2) is 50.4 Å². The molecule has 48 heavy (non-hydrogen) atoms. The molecular formula is C42H59BrN2O3. The zero-order chi connectivity index (χ0) is 34.7. The van der Waals surface area contributed by atoms with Crippen molar-refractivity contribution in [1.29, 1.82) is 0 Å². The highest BCUT2D eigenvalue weighted by atomic mass is 79.9. The van der Waals surface area contributed by atoms with Gasteiger partial charge >= 0.3 is 0 Å². The van der Waals surface area contributed by atoms with E-state index >= 15 is 0 Å². The quantitative estimate of drug-likeness (QED) is 0.135. The number of nitrogens with zero attached hydrogens (tertiary/aromatic N) is 2. The fraction of sp³-hybridized carbons (Fsp3) is 0.524. The van der Waals surface area contributed by atoms with E-state index < -0.39 is 0 Å². The van der Waals surface area contributed by atoms with Gasteiger partial charge in [0.2, 0.25) is 0 Å². The Balaban J connectivity index is 1.67. The first-order chi connectivity index (χ1) is 23.1. The molecule has 0 atom stereocenters. The second kappa shape index (κ2) is 18.0. The van der Waals surface area contributed by atoms with Gasteiger partial charge in [-0.3, -0.25) is 0 Å². The molecule has 1 aliphatic carbocycles. The number of anilines is 1. The number of benzene rings is 2. The van der Waals surface area contributed by atoms with Crippen molar-refractivity contribution in [3.63, 3.8) is 0 Å². The van der Waals surface area contributed by atoms with Crippen molar-refractivity contribution in [2.45, 2.75) is 110 Å². The Morgan fingerprint density at radius 1 is 1.00 bits per heavy atom. The summed E-state index contributed by atoms with van der Waals surface area (Å²) in [5.41, 5.74) is 6.01. The minimum atomic E-state index is -0.219. The smallest absolute Gasteiger partial charge is 0.185 e. The first-order valence-corrected chi connectivity index (χ1v) is 18.8. The van der Waals surface area contributed by atoms with Gasteiger partial charge in [0.05, 0.1) is 14.2 Å².